The summed E-state index contributed by atoms with van der Waals surface area (Å²) in [7, 11) is 1.40. The van der Waals surface area contributed by atoms with Crippen LogP contribution >= 0.6 is 0 Å². The fraction of sp³-hybridized carbons (Fsp3) is 0.773. The summed E-state index contributed by atoms with van der Waals surface area (Å²) in [5, 5.41) is 14.5. The van der Waals surface area contributed by atoms with E-state index in [-0.39, 0.29) is 38.4 Å². The number of hydrogen-bond donors (Lipinski definition) is 4. The van der Waals surface area contributed by atoms with Gasteiger partial charge in [-0.2, -0.15) is 0 Å². The van der Waals surface area contributed by atoms with E-state index in [0.29, 0.717) is 24.4 Å². The number of nitrogens with zero attached hydrogens (tertiary/aromatic N) is 3. The Labute approximate surface area is 222 Å². The normalized spacial score (nSPS) is 14.3. The summed E-state index contributed by atoms with van der Waals surface area (Å²) < 4.78 is 18.5. The number of piperidine rings is 1. The zero-order valence-corrected chi connectivity index (χ0v) is 22.9. The molecular formula is C22H40AlFN6O7. The number of rotatable bonds is 18. The Morgan fingerprint density at radius 1 is 1.08 bits per heavy atom. The maximum Gasteiger partial charge on any atom is 0.731 e. The van der Waals surface area contributed by atoms with E-state index in [0.717, 1.165) is 30.8 Å². The molecule has 0 aliphatic carbocycles. The van der Waals surface area contributed by atoms with Crippen LogP contribution < -0.4 is 16.4 Å². The minimum atomic E-state index is -2.67. The van der Waals surface area contributed by atoms with Crippen molar-refractivity contribution in [3.05, 3.63) is 0 Å². The number of carbonyl (C=O) groups is 5. The van der Waals surface area contributed by atoms with Crippen molar-refractivity contribution in [2.75, 3.05) is 71.4 Å². The zero-order valence-electron chi connectivity index (χ0n) is 21.7. The van der Waals surface area contributed by atoms with Gasteiger partial charge in [0.2, 0.25) is 23.6 Å². The number of nitrogens with one attached hydrogen (secondary N) is 2. The Kier molecular flexibility index (Phi) is 15.9. The van der Waals surface area contributed by atoms with Gasteiger partial charge in [0.15, 0.2) is 0 Å². The molecule has 1 heterocycles. The molecule has 1 aliphatic heterocycles. The molecule has 15 heteroatoms. The molecule has 0 unspecified atom stereocenters. The lowest BCUT2D eigenvalue weighted by Gasteiger charge is -2.35. The molecule has 0 saturated carbocycles. The van der Waals surface area contributed by atoms with Crippen molar-refractivity contribution in [2.24, 2.45) is 11.7 Å². The smallest absolute Gasteiger partial charge is 0.480 e. The average molecular weight is 547 g/mol. The van der Waals surface area contributed by atoms with Crippen LogP contribution in [0.4, 0.5) is 3.52 Å². The standard InChI is InChI=1S/C21H37N6O6.CH3O.Al.FH/c1-3-25(2)12-16-6-10-26(11-7-16)14-20(31)27(15-21(32)33)13-19(30)24-9-5-18(29)23-8-4-17(22)28;1-2;;/h16H,2-15H2,1H3,(H2,22,28)(H,23,29)(H,24,30)(H,32,33);1H3;;1H/q;-1;+2;/p-1. The number of nitrogens with two attached hydrogens (primary N) is 1. The van der Waals surface area contributed by atoms with Crippen molar-refractivity contribution in [3.8, 4) is 0 Å². The third-order valence-electron chi connectivity index (χ3n) is 6.07. The van der Waals surface area contributed by atoms with Crippen LogP contribution in [0.5, 0.6) is 0 Å². The highest BCUT2D eigenvalue weighted by Crippen LogP contribution is 2.18. The van der Waals surface area contributed by atoms with Gasteiger partial charge in [0.05, 0.1) is 6.54 Å². The maximum absolute atomic E-state index is 13.7. The van der Waals surface area contributed by atoms with E-state index in [1.807, 2.05) is 11.8 Å². The highest BCUT2D eigenvalue weighted by atomic mass is 27.3. The van der Waals surface area contributed by atoms with E-state index < -0.39 is 51.7 Å². The first-order valence-corrected chi connectivity index (χ1v) is 14.2. The number of carboxylic acids is 1. The van der Waals surface area contributed by atoms with Crippen LogP contribution in [0.25, 0.3) is 0 Å². The predicted molar refractivity (Wildman–Crippen MR) is 134 cm³/mol. The zero-order chi connectivity index (χ0) is 27.8. The highest BCUT2D eigenvalue weighted by molar-refractivity contribution is 6.43. The molecule has 1 aliphatic rings. The number of amides is 4. The third kappa shape index (κ3) is 14.9. The number of halogens is 1. The summed E-state index contributed by atoms with van der Waals surface area (Å²) in [5.74, 6) is -2.83. The SMILES string of the molecule is CCN(CC1CCN(CC(=O)N(CC(=O)O)CC(=O)NCCC(=O)NCCC(N)=O)CC1)[CH2][Al]([F])[O]C. The second-order valence-electron chi connectivity index (χ2n) is 9.03. The molecule has 0 aromatic rings. The molecule has 0 aromatic carbocycles. The fourth-order valence-corrected chi connectivity index (χ4v) is 4.91. The van der Waals surface area contributed by atoms with E-state index in [4.69, 9.17) is 9.52 Å². The maximum atomic E-state index is 13.7. The number of hydrogen-bond acceptors (Lipinski definition) is 8. The summed E-state index contributed by atoms with van der Waals surface area (Å²) >= 11 is -2.67. The van der Waals surface area contributed by atoms with E-state index in [2.05, 4.69) is 15.5 Å². The molecule has 5 N–H and O–H groups in total. The number of likely N-dealkylation sites (tertiary alicyclic amines) is 1. The van der Waals surface area contributed by atoms with E-state index >= 15 is 0 Å². The van der Waals surface area contributed by atoms with Crippen LogP contribution in [-0.4, -0.2) is 136 Å². The van der Waals surface area contributed by atoms with Crippen molar-refractivity contribution in [1.82, 2.24) is 25.3 Å². The van der Waals surface area contributed by atoms with E-state index in [9.17, 15) is 32.6 Å². The molecule has 0 atom stereocenters. The summed E-state index contributed by atoms with van der Waals surface area (Å²) in [6.07, 6.45) is 1.63. The van der Waals surface area contributed by atoms with Crippen LogP contribution in [0, 0.1) is 5.92 Å². The summed E-state index contributed by atoms with van der Waals surface area (Å²) in [4.78, 5) is 63.6. The van der Waals surface area contributed by atoms with Gasteiger partial charge in [0.25, 0.3) is 0 Å². The Balaban J connectivity index is 2.45. The Hall–Kier alpha value is -2.31. The van der Waals surface area contributed by atoms with Gasteiger partial charge in [-0.3, -0.25) is 28.9 Å². The van der Waals surface area contributed by atoms with Crippen LogP contribution in [0.2, 0.25) is 0 Å². The number of aliphatic carboxylic acids is 1. The van der Waals surface area contributed by atoms with Crippen molar-refractivity contribution in [1.29, 1.82) is 0 Å². The molecule has 0 radical (unpaired) electrons. The van der Waals surface area contributed by atoms with Gasteiger partial charge in [0, 0.05) is 38.4 Å². The molecule has 1 rings (SSSR count). The Morgan fingerprint density at radius 3 is 2.27 bits per heavy atom. The predicted octanol–water partition coefficient (Wildman–Crippen LogP) is -1.93. The van der Waals surface area contributed by atoms with Crippen LogP contribution in [0.1, 0.15) is 32.6 Å². The highest BCUT2D eigenvalue weighted by Gasteiger charge is 2.29. The molecule has 4 amide bonds. The first kappa shape index (κ1) is 32.7. The lowest BCUT2D eigenvalue weighted by molar-refractivity contribution is -0.146. The van der Waals surface area contributed by atoms with Gasteiger partial charge in [-0.1, -0.05) is 6.92 Å². The lowest BCUT2D eigenvalue weighted by atomic mass is 9.96. The van der Waals surface area contributed by atoms with Crippen molar-refractivity contribution in [3.63, 3.8) is 0 Å². The third-order valence-corrected chi connectivity index (χ3v) is 7.38. The monoisotopic (exact) mass is 546 g/mol. The van der Waals surface area contributed by atoms with Crippen molar-refractivity contribution >= 4 is 44.5 Å². The number of primary amides is 1. The molecular weight excluding hydrogens is 506 g/mol. The molecule has 1 saturated heterocycles. The van der Waals surface area contributed by atoms with Gasteiger partial charge in [0.1, 0.15) is 13.1 Å². The van der Waals surface area contributed by atoms with Gasteiger partial charge < -0.3 is 38.6 Å². The van der Waals surface area contributed by atoms with Crippen molar-refractivity contribution < 1.29 is 36.4 Å². The van der Waals surface area contributed by atoms with E-state index in [1.165, 1.54) is 7.11 Å². The average Bonchev–Trinajstić information content (AvgIpc) is 2.83. The largest absolute Gasteiger partial charge is 0.731 e. The number of carbonyl (C=O) groups excluding carboxylic acids is 4. The quantitative estimate of drug-likeness (QED) is 0.143. The second-order valence-corrected chi connectivity index (χ2v) is 10.7. The first-order chi connectivity index (χ1) is 17.5. The van der Waals surface area contributed by atoms with Gasteiger partial charge in [-0.15, -0.1) is 0 Å². The minimum Gasteiger partial charge on any atom is -0.480 e. The molecule has 37 heavy (non-hydrogen) atoms. The lowest BCUT2D eigenvalue weighted by Crippen LogP contribution is -2.49. The second kappa shape index (κ2) is 18.0. The number of carboxylic acid groups (broad SMARTS) is 1. The molecule has 0 aromatic heterocycles. The molecule has 0 bridgehead atoms. The molecule has 0 spiro atoms. The van der Waals surface area contributed by atoms with Gasteiger partial charge in [-0.05, 0) is 44.9 Å². The summed E-state index contributed by atoms with van der Waals surface area (Å²) in [6.45, 7) is 3.82. The van der Waals surface area contributed by atoms with Gasteiger partial charge >= 0.3 is 20.9 Å². The first-order valence-electron chi connectivity index (χ1n) is 12.5. The van der Waals surface area contributed by atoms with Crippen LogP contribution in [-0.2, 0) is 27.8 Å². The summed E-state index contributed by atoms with van der Waals surface area (Å²) in [5.41, 5.74) is 4.99. The molecule has 1 fully saturated rings. The topological polar surface area (TPSA) is 175 Å². The van der Waals surface area contributed by atoms with Gasteiger partial charge in [-0.25, -0.2) is 0 Å². The van der Waals surface area contributed by atoms with Crippen LogP contribution in [0.15, 0.2) is 0 Å². The Morgan fingerprint density at radius 2 is 1.70 bits per heavy atom. The summed E-state index contributed by atoms with van der Waals surface area (Å²) in [6, 6.07) is 0. The molecule has 210 valence electrons. The Bertz CT molecular complexity index is 770. The van der Waals surface area contributed by atoms with Crippen molar-refractivity contribution in [2.45, 2.75) is 32.6 Å². The van der Waals surface area contributed by atoms with Crippen LogP contribution in [0.3, 0.4) is 0 Å². The minimum absolute atomic E-state index is 0.00379. The van der Waals surface area contributed by atoms with E-state index in [1.54, 1.807) is 0 Å². The fourth-order valence-electron chi connectivity index (χ4n) is 3.95. The molecule has 13 nitrogen and oxygen atoms in total.